The lowest BCUT2D eigenvalue weighted by atomic mass is 10.2. The van der Waals surface area contributed by atoms with Gasteiger partial charge in [-0.05, 0) is 18.2 Å². The number of nitrogen functional groups attached to an aromatic ring is 1. The number of rotatable bonds is 6. The van der Waals surface area contributed by atoms with Crippen molar-refractivity contribution < 1.29 is 8.42 Å². The third-order valence-electron chi connectivity index (χ3n) is 3.05. The van der Waals surface area contributed by atoms with E-state index in [0.717, 1.165) is 0 Å². The molecule has 21 heavy (non-hydrogen) atoms. The fraction of sp³-hybridized carbons (Fsp3) is 0.308. The third kappa shape index (κ3) is 3.53. The van der Waals surface area contributed by atoms with Crippen LogP contribution in [0, 0.1) is 0 Å². The van der Waals surface area contributed by atoms with E-state index in [4.69, 9.17) is 5.73 Å². The van der Waals surface area contributed by atoms with E-state index in [2.05, 4.69) is 10.3 Å². The highest BCUT2D eigenvalue weighted by molar-refractivity contribution is 7.89. The predicted octanol–water partition coefficient (Wildman–Crippen LogP) is 0.828. The Bertz CT molecular complexity index is 695. The smallest absolute Gasteiger partial charge is 0.242 e. The summed E-state index contributed by atoms with van der Waals surface area (Å²) in [7, 11) is -0.466. The Balaban J connectivity index is 2.12. The van der Waals surface area contributed by atoms with Crippen LogP contribution in [-0.2, 0) is 16.6 Å². The van der Waals surface area contributed by atoms with Crippen LogP contribution >= 0.6 is 0 Å². The van der Waals surface area contributed by atoms with Crippen molar-refractivity contribution in [3.05, 3.63) is 36.9 Å². The van der Waals surface area contributed by atoms with Crippen molar-refractivity contribution in [2.45, 2.75) is 11.4 Å². The van der Waals surface area contributed by atoms with Gasteiger partial charge in [0.2, 0.25) is 10.0 Å². The average molecular weight is 309 g/mol. The highest BCUT2D eigenvalue weighted by Crippen LogP contribution is 2.24. The van der Waals surface area contributed by atoms with Gasteiger partial charge in [-0.3, -0.25) is 0 Å². The first-order valence-electron chi connectivity index (χ1n) is 6.43. The lowest BCUT2D eigenvalue weighted by Crippen LogP contribution is -2.22. The van der Waals surface area contributed by atoms with Gasteiger partial charge < -0.3 is 15.6 Å². The van der Waals surface area contributed by atoms with Crippen molar-refractivity contribution in [3.8, 4) is 0 Å². The zero-order chi connectivity index (χ0) is 15.5. The Kier molecular flexibility index (Phi) is 4.49. The summed E-state index contributed by atoms with van der Waals surface area (Å²) in [5, 5.41) is 3.15. The maximum absolute atomic E-state index is 12.1. The third-order valence-corrected chi connectivity index (χ3v) is 4.86. The van der Waals surface area contributed by atoms with Crippen LogP contribution < -0.4 is 11.1 Å². The number of anilines is 2. The molecule has 0 fully saturated rings. The molecule has 1 aromatic heterocycles. The first kappa shape index (κ1) is 15.3. The number of benzene rings is 1. The fourth-order valence-corrected chi connectivity index (χ4v) is 2.73. The average Bonchev–Trinajstić information content (AvgIpc) is 2.93. The predicted molar refractivity (Wildman–Crippen MR) is 82.4 cm³/mol. The van der Waals surface area contributed by atoms with E-state index < -0.39 is 10.0 Å². The molecular formula is C13H19N5O2S. The monoisotopic (exact) mass is 309 g/mol. The summed E-state index contributed by atoms with van der Waals surface area (Å²) >= 11 is 0. The van der Waals surface area contributed by atoms with Crippen molar-refractivity contribution in [2.24, 2.45) is 0 Å². The summed E-state index contributed by atoms with van der Waals surface area (Å²) in [5.74, 6) is 0. The van der Waals surface area contributed by atoms with Gasteiger partial charge in [0.1, 0.15) is 0 Å². The number of nitrogens with zero attached hydrogens (tertiary/aromatic N) is 3. The molecule has 0 atom stereocenters. The van der Waals surface area contributed by atoms with Crippen molar-refractivity contribution in [1.82, 2.24) is 13.9 Å². The first-order valence-corrected chi connectivity index (χ1v) is 7.87. The van der Waals surface area contributed by atoms with E-state index >= 15 is 0 Å². The maximum Gasteiger partial charge on any atom is 0.242 e. The summed E-state index contributed by atoms with van der Waals surface area (Å²) in [6.45, 7) is 1.33. The van der Waals surface area contributed by atoms with E-state index in [1.807, 2.05) is 10.8 Å². The maximum atomic E-state index is 12.1. The Morgan fingerprint density at radius 3 is 2.76 bits per heavy atom. The number of sulfonamides is 1. The Hall–Kier alpha value is -2.06. The highest BCUT2D eigenvalue weighted by Gasteiger charge is 2.18. The number of nitrogens with one attached hydrogen (secondary N) is 1. The van der Waals surface area contributed by atoms with Crippen molar-refractivity contribution >= 4 is 21.4 Å². The van der Waals surface area contributed by atoms with Gasteiger partial charge in [-0.15, -0.1) is 0 Å². The van der Waals surface area contributed by atoms with Crippen LogP contribution in [0.4, 0.5) is 11.4 Å². The Morgan fingerprint density at radius 1 is 1.38 bits per heavy atom. The second-order valence-electron chi connectivity index (χ2n) is 4.76. The van der Waals surface area contributed by atoms with Gasteiger partial charge in [0.05, 0.1) is 22.6 Å². The zero-order valence-corrected chi connectivity index (χ0v) is 12.8. The molecule has 0 amide bonds. The van der Waals surface area contributed by atoms with E-state index in [9.17, 15) is 8.42 Å². The molecular weight excluding hydrogens is 290 g/mol. The number of aromatic nitrogens is 2. The van der Waals surface area contributed by atoms with Gasteiger partial charge >= 0.3 is 0 Å². The van der Waals surface area contributed by atoms with Crippen LogP contribution in [0.15, 0.2) is 41.8 Å². The molecule has 0 saturated carbocycles. The minimum Gasteiger partial charge on any atom is -0.397 e. The molecule has 0 bridgehead atoms. The summed E-state index contributed by atoms with van der Waals surface area (Å²) in [6, 6.07) is 4.65. The summed E-state index contributed by atoms with van der Waals surface area (Å²) in [5.41, 5.74) is 7.00. The topological polar surface area (TPSA) is 93.3 Å². The molecule has 8 heteroatoms. The minimum atomic E-state index is -3.46. The van der Waals surface area contributed by atoms with Crippen LogP contribution in [0.2, 0.25) is 0 Å². The van der Waals surface area contributed by atoms with Gasteiger partial charge in [-0.1, -0.05) is 0 Å². The number of hydrogen-bond acceptors (Lipinski definition) is 5. The van der Waals surface area contributed by atoms with Gasteiger partial charge in [0.15, 0.2) is 0 Å². The van der Waals surface area contributed by atoms with E-state index in [1.54, 1.807) is 24.7 Å². The van der Waals surface area contributed by atoms with Gasteiger partial charge in [-0.2, -0.15) is 0 Å². The van der Waals surface area contributed by atoms with Crippen LogP contribution in [-0.4, -0.2) is 42.9 Å². The molecule has 0 aliphatic rings. The molecule has 2 aromatic rings. The second kappa shape index (κ2) is 6.15. The van der Waals surface area contributed by atoms with Crippen LogP contribution in [0.5, 0.6) is 0 Å². The fourth-order valence-electron chi connectivity index (χ4n) is 1.80. The lowest BCUT2D eigenvalue weighted by Gasteiger charge is -2.14. The van der Waals surface area contributed by atoms with Crippen LogP contribution in [0.25, 0.3) is 0 Å². The summed E-state index contributed by atoms with van der Waals surface area (Å²) < 4.78 is 27.3. The van der Waals surface area contributed by atoms with Crippen LogP contribution in [0.1, 0.15) is 0 Å². The zero-order valence-electron chi connectivity index (χ0n) is 12.0. The number of imidazole rings is 1. The van der Waals surface area contributed by atoms with Crippen molar-refractivity contribution in [1.29, 1.82) is 0 Å². The molecule has 1 aromatic carbocycles. The molecule has 114 valence electrons. The Morgan fingerprint density at radius 2 is 2.14 bits per heavy atom. The molecule has 0 saturated heterocycles. The number of hydrogen-bond donors (Lipinski definition) is 2. The van der Waals surface area contributed by atoms with E-state index in [-0.39, 0.29) is 4.90 Å². The molecule has 0 unspecified atom stereocenters. The largest absolute Gasteiger partial charge is 0.397 e. The normalized spacial score (nSPS) is 11.8. The molecule has 0 aliphatic carbocycles. The quantitative estimate of drug-likeness (QED) is 0.771. The summed E-state index contributed by atoms with van der Waals surface area (Å²) in [6.07, 6.45) is 5.29. The van der Waals surface area contributed by atoms with E-state index in [1.165, 1.54) is 24.5 Å². The van der Waals surface area contributed by atoms with Gasteiger partial charge in [0, 0.05) is 39.6 Å². The van der Waals surface area contributed by atoms with Gasteiger partial charge in [-0.25, -0.2) is 17.7 Å². The molecule has 0 spiro atoms. The summed E-state index contributed by atoms with van der Waals surface area (Å²) in [4.78, 5) is 4.17. The lowest BCUT2D eigenvalue weighted by molar-refractivity contribution is 0.521. The first-order chi connectivity index (χ1) is 9.91. The van der Waals surface area contributed by atoms with Crippen molar-refractivity contribution in [2.75, 3.05) is 31.7 Å². The molecule has 0 radical (unpaired) electrons. The number of nitrogens with two attached hydrogens (primary N) is 1. The molecule has 1 heterocycles. The SMILES string of the molecule is CN(C)S(=O)(=O)c1ccc(N)c(NCCn2ccnc2)c1. The molecule has 2 rings (SSSR count). The standard InChI is InChI=1S/C13H19N5O2S/c1-17(2)21(19,20)11-3-4-12(14)13(9-11)16-6-8-18-7-5-15-10-18/h3-5,7,9-10,16H,6,8,14H2,1-2H3. The molecule has 3 N–H and O–H groups in total. The van der Waals surface area contributed by atoms with Gasteiger partial charge in [0.25, 0.3) is 0 Å². The van der Waals surface area contributed by atoms with E-state index in [0.29, 0.717) is 24.5 Å². The van der Waals surface area contributed by atoms with Crippen molar-refractivity contribution in [3.63, 3.8) is 0 Å². The second-order valence-corrected chi connectivity index (χ2v) is 6.92. The minimum absolute atomic E-state index is 0.215. The Labute approximate surface area is 124 Å². The van der Waals surface area contributed by atoms with Crippen LogP contribution in [0.3, 0.4) is 0 Å². The highest BCUT2D eigenvalue weighted by atomic mass is 32.2. The molecule has 7 nitrogen and oxygen atoms in total. The molecule has 0 aliphatic heterocycles.